The summed E-state index contributed by atoms with van der Waals surface area (Å²) in [5.74, 6) is 0.706. The van der Waals surface area contributed by atoms with Crippen molar-refractivity contribution >= 4 is 12.0 Å². The average molecular weight is 189 g/mol. The Labute approximate surface area is 82.4 Å². The fraction of sp³-hybridized carbons (Fsp3) is 0.182. The molecule has 14 heavy (non-hydrogen) atoms. The van der Waals surface area contributed by atoms with Gasteiger partial charge in [-0.25, -0.2) is 0 Å². The summed E-state index contributed by atoms with van der Waals surface area (Å²) in [6.45, 7) is 4.22. The molecule has 3 heteroatoms. The molecular weight excluding hydrogens is 178 g/mol. The predicted octanol–water partition coefficient (Wildman–Crippen LogP) is 1.58. The van der Waals surface area contributed by atoms with Gasteiger partial charge in [-0.05, 0) is 17.7 Å². The molecule has 1 amide bonds. The van der Waals surface area contributed by atoms with Gasteiger partial charge in [0.1, 0.15) is 5.75 Å². The molecule has 72 valence electrons. The van der Waals surface area contributed by atoms with Crippen molar-refractivity contribution in [2.24, 2.45) is 0 Å². The van der Waals surface area contributed by atoms with Crippen molar-refractivity contribution in [3.05, 3.63) is 35.4 Å². The van der Waals surface area contributed by atoms with E-state index in [0.29, 0.717) is 12.1 Å². The Bertz CT molecular complexity index is 410. The van der Waals surface area contributed by atoms with Gasteiger partial charge in [0.25, 0.3) is 5.91 Å². The third-order valence-corrected chi connectivity index (χ3v) is 2.36. The molecule has 0 aromatic heterocycles. The maximum absolute atomic E-state index is 11.4. The zero-order valence-corrected chi connectivity index (χ0v) is 7.96. The van der Waals surface area contributed by atoms with E-state index in [1.807, 2.05) is 12.1 Å². The van der Waals surface area contributed by atoms with Crippen molar-refractivity contribution in [2.45, 2.75) is 6.54 Å². The van der Waals surface area contributed by atoms with Gasteiger partial charge in [0.2, 0.25) is 0 Å². The van der Waals surface area contributed by atoms with E-state index in [2.05, 4.69) is 11.9 Å². The molecule has 1 heterocycles. The minimum Gasteiger partial charge on any atom is -0.496 e. The molecule has 0 fully saturated rings. The second-order valence-electron chi connectivity index (χ2n) is 3.14. The zero-order valence-electron chi connectivity index (χ0n) is 7.96. The summed E-state index contributed by atoms with van der Waals surface area (Å²) in [6, 6.07) is 3.71. The van der Waals surface area contributed by atoms with Gasteiger partial charge in [-0.3, -0.25) is 4.79 Å². The number of benzene rings is 1. The van der Waals surface area contributed by atoms with E-state index >= 15 is 0 Å². The molecule has 0 aliphatic carbocycles. The second-order valence-corrected chi connectivity index (χ2v) is 3.14. The lowest BCUT2D eigenvalue weighted by Crippen LogP contribution is -2.12. The summed E-state index contributed by atoms with van der Waals surface area (Å²) in [6.07, 6.45) is 1.70. The zero-order chi connectivity index (χ0) is 10.1. The van der Waals surface area contributed by atoms with Crippen LogP contribution < -0.4 is 10.1 Å². The smallest absolute Gasteiger partial charge is 0.252 e. The summed E-state index contributed by atoms with van der Waals surface area (Å²) in [4.78, 5) is 11.4. The first-order valence-electron chi connectivity index (χ1n) is 4.38. The van der Waals surface area contributed by atoms with Crippen LogP contribution in [-0.4, -0.2) is 13.0 Å². The monoisotopic (exact) mass is 189 g/mol. The summed E-state index contributed by atoms with van der Waals surface area (Å²) in [5.41, 5.74) is 2.53. The van der Waals surface area contributed by atoms with Gasteiger partial charge in [-0.2, -0.15) is 0 Å². The lowest BCUT2D eigenvalue weighted by Gasteiger charge is -2.06. The second kappa shape index (κ2) is 3.18. The van der Waals surface area contributed by atoms with Gasteiger partial charge < -0.3 is 10.1 Å². The minimum absolute atomic E-state index is 0.0398. The first kappa shape index (κ1) is 8.81. The van der Waals surface area contributed by atoms with E-state index in [9.17, 15) is 4.79 Å². The maximum Gasteiger partial charge on any atom is 0.252 e. The van der Waals surface area contributed by atoms with E-state index in [0.717, 1.165) is 16.9 Å². The fourth-order valence-corrected chi connectivity index (χ4v) is 1.62. The highest BCUT2D eigenvalue weighted by Gasteiger charge is 2.22. The molecule has 1 aliphatic rings. The molecule has 1 aliphatic heterocycles. The molecule has 0 bridgehead atoms. The number of ether oxygens (including phenoxy) is 1. The first-order valence-corrected chi connectivity index (χ1v) is 4.38. The van der Waals surface area contributed by atoms with E-state index < -0.39 is 0 Å². The van der Waals surface area contributed by atoms with Crippen molar-refractivity contribution < 1.29 is 9.53 Å². The Morgan fingerprint density at radius 2 is 2.36 bits per heavy atom. The highest BCUT2D eigenvalue weighted by atomic mass is 16.5. The Balaban J connectivity index is 2.63. The quantitative estimate of drug-likeness (QED) is 0.767. The number of carbonyl (C=O) groups excluding carboxylic acids is 1. The molecule has 0 saturated heterocycles. The molecule has 0 unspecified atom stereocenters. The third kappa shape index (κ3) is 1.18. The lowest BCUT2D eigenvalue weighted by atomic mass is 10.0. The van der Waals surface area contributed by atoms with Crippen LogP contribution in [0.25, 0.3) is 6.08 Å². The number of rotatable bonds is 2. The molecule has 1 aromatic carbocycles. The Kier molecular flexibility index (Phi) is 2.00. The lowest BCUT2D eigenvalue weighted by molar-refractivity contribution is 0.0965. The van der Waals surface area contributed by atoms with Crippen LogP contribution in [0.4, 0.5) is 0 Å². The molecule has 1 aromatic rings. The van der Waals surface area contributed by atoms with Crippen LogP contribution >= 0.6 is 0 Å². The number of amides is 1. The van der Waals surface area contributed by atoms with Crippen molar-refractivity contribution in [1.82, 2.24) is 5.32 Å². The van der Waals surface area contributed by atoms with Gasteiger partial charge in [0, 0.05) is 17.7 Å². The number of methoxy groups -OCH3 is 1. The van der Waals surface area contributed by atoms with Crippen LogP contribution in [0.2, 0.25) is 0 Å². The summed E-state index contributed by atoms with van der Waals surface area (Å²) in [5, 5.41) is 2.76. The number of fused-ring (bicyclic) bond motifs is 1. The first-order chi connectivity index (χ1) is 6.76. The van der Waals surface area contributed by atoms with Crippen molar-refractivity contribution in [2.75, 3.05) is 7.11 Å². The molecule has 3 nitrogen and oxygen atoms in total. The minimum atomic E-state index is -0.0398. The fourth-order valence-electron chi connectivity index (χ4n) is 1.62. The van der Waals surface area contributed by atoms with Crippen LogP contribution in [0, 0.1) is 0 Å². The number of hydrogen-bond donors (Lipinski definition) is 1. The molecular formula is C11H11NO2. The van der Waals surface area contributed by atoms with E-state index in [1.165, 1.54) is 0 Å². The van der Waals surface area contributed by atoms with E-state index in [1.54, 1.807) is 13.2 Å². The van der Waals surface area contributed by atoms with Crippen molar-refractivity contribution in [1.29, 1.82) is 0 Å². The summed E-state index contributed by atoms with van der Waals surface area (Å²) in [7, 11) is 1.60. The maximum atomic E-state index is 11.4. The van der Waals surface area contributed by atoms with Crippen molar-refractivity contribution in [3.63, 3.8) is 0 Å². The Morgan fingerprint density at radius 1 is 1.57 bits per heavy atom. The average Bonchev–Trinajstić information content (AvgIpc) is 2.59. The van der Waals surface area contributed by atoms with Crippen LogP contribution in [0.3, 0.4) is 0 Å². The highest BCUT2D eigenvalue weighted by molar-refractivity contribution is 5.99. The van der Waals surface area contributed by atoms with Gasteiger partial charge in [0.05, 0.1) is 7.11 Å². The van der Waals surface area contributed by atoms with E-state index in [4.69, 9.17) is 4.74 Å². The summed E-state index contributed by atoms with van der Waals surface area (Å²) >= 11 is 0. The standard InChI is InChI=1S/C11H11NO2/c1-3-7-4-8-9(6-12-11(8)13)10(5-7)14-2/h3-5H,1,6H2,2H3,(H,12,13). The SMILES string of the molecule is C=Cc1cc(OC)c2c(c1)C(=O)NC2. The molecule has 0 spiro atoms. The Hall–Kier alpha value is -1.77. The predicted molar refractivity (Wildman–Crippen MR) is 54.3 cm³/mol. The number of hydrogen-bond acceptors (Lipinski definition) is 2. The largest absolute Gasteiger partial charge is 0.496 e. The van der Waals surface area contributed by atoms with Crippen LogP contribution in [0.15, 0.2) is 18.7 Å². The van der Waals surface area contributed by atoms with Crippen LogP contribution in [-0.2, 0) is 6.54 Å². The van der Waals surface area contributed by atoms with Gasteiger partial charge >= 0.3 is 0 Å². The van der Waals surface area contributed by atoms with Crippen molar-refractivity contribution in [3.8, 4) is 5.75 Å². The normalized spacial score (nSPS) is 13.4. The molecule has 0 saturated carbocycles. The molecule has 1 N–H and O–H groups in total. The number of carbonyl (C=O) groups is 1. The topological polar surface area (TPSA) is 38.3 Å². The number of nitrogens with one attached hydrogen (secondary N) is 1. The van der Waals surface area contributed by atoms with E-state index in [-0.39, 0.29) is 5.91 Å². The molecule has 2 rings (SSSR count). The summed E-state index contributed by atoms with van der Waals surface area (Å²) < 4.78 is 5.21. The van der Waals surface area contributed by atoms with Gasteiger partial charge in [-0.15, -0.1) is 0 Å². The third-order valence-electron chi connectivity index (χ3n) is 2.36. The van der Waals surface area contributed by atoms with Gasteiger partial charge in [-0.1, -0.05) is 12.7 Å². The Morgan fingerprint density at radius 3 is 3.00 bits per heavy atom. The van der Waals surface area contributed by atoms with Crippen LogP contribution in [0.5, 0.6) is 5.75 Å². The van der Waals surface area contributed by atoms with Gasteiger partial charge in [0.15, 0.2) is 0 Å². The highest BCUT2D eigenvalue weighted by Crippen LogP contribution is 2.28. The molecule has 0 radical (unpaired) electrons. The van der Waals surface area contributed by atoms with Crippen LogP contribution in [0.1, 0.15) is 21.5 Å². The molecule has 0 atom stereocenters.